The monoisotopic (exact) mass is 479 g/mol. The second-order valence-corrected chi connectivity index (χ2v) is 10.3. The van der Waals surface area contributed by atoms with E-state index < -0.39 is 17.5 Å². The van der Waals surface area contributed by atoms with Crippen molar-refractivity contribution >= 4 is 16.6 Å². The number of hydrogen-bond acceptors (Lipinski definition) is 7. The van der Waals surface area contributed by atoms with Gasteiger partial charge in [0.15, 0.2) is 5.75 Å². The van der Waals surface area contributed by atoms with Gasteiger partial charge >= 0.3 is 5.69 Å². The molecule has 1 saturated carbocycles. The topological polar surface area (TPSA) is 118 Å². The lowest BCUT2D eigenvalue weighted by atomic mass is 9.80. The lowest BCUT2D eigenvalue weighted by molar-refractivity contribution is 0.143. The van der Waals surface area contributed by atoms with E-state index in [4.69, 9.17) is 21.1 Å². The van der Waals surface area contributed by atoms with Crippen molar-refractivity contribution in [1.29, 1.82) is 0 Å². The number of anilines is 1. The Balaban J connectivity index is 1.49. The number of para-hydroxylation sites is 1. The highest BCUT2D eigenvalue weighted by Crippen LogP contribution is 2.45. The highest BCUT2D eigenvalue weighted by molar-refractivity contribution is 5.91. The molecule has 5 rings (SSSR count). The van der Waals surface area contributed by atoms with E-state index in [-0.39, 0.29) is 17.4 Å². The SMILES string of the molecule is COc1c(N2C[C@H](C[C@@H](N)Oc3ccccc3)C(C)(C)C2)ccc2c(=O)n(N)c(=O)n(C3CC3)c12. The third kappa shape index (κ3) is 4.14. The van der Waals surface area contributed by atoms with Crippen molar-refractivity contribution in [1.82, 2.24) is 9.24 Å². The summed E-state index contributed by atoms with van der Waals surface area (Å²) in [5.41, 5.74) is 6.70. The van der Waals surface area contributed by atoms with Gasteiger partial charge in [-0.05, 0) is 48.4 Å². The molecule has 1 aliphatic heterocycles. The maximum absolute atomic E-state index is 12.9. The van der Waals surface area contributed by atoms with Gasteiger partial charge in [0.2, 0.25) is 0 Å². The first-order valence-corrected chi connectivity index (χ1v) is 12.1. The Morgan fingerprint density at radius 1 is 1.11 bits per heavy atom. The molecule has 2 atom stereocenters. The third-order valence-corrected chi connectivity index (χ3v) is 7.36. The summed E-state index contributed by atoms with van der Waals surface area (Å²) in [6.07, 6.45) is 2.01. The number of nitrogen functional groups attached to an aromatic ring is 1. The smallest absolute Gasteiger partial charge is 0.350 e. The summed E-state index contributed by atoms with van der Waals surface area (Å²) in [7, 11) is 1.58. The molecule has 0 unspecified atom stereocenters. The molecule has 2 aliphatic rings. The fourth-order valence-electron chi connectivity index (χ4n) is 5.30. The molecule has 35 heavy (non-hydrogen) atoms. The minimum Gasteiger partial charge on any atom is -0.492 e. The van der Waals surface area contributed by atoms with Gasteiger partial charge in [-0.3, -0.25) is 15.1 Å². The number of hydrogen-bond donors (Lipinski definition) is 2. The normalized spacial score (nSPS) is 20.2. The molecule has 1 saturated heterocycles. The van der Waals surface area contributed by atoms with Crippen LogP contribution in [0.3, 0.4) is 0 Å². The van der Waals surface area contributed by atoms with Gasteiger partial charge in [-0.15, -0.1) is 0 Å². The molecular weight excluding hydrogens is 446 g/mol. The van der Waals surface area contributed by atoms with Crippen LogP contribution in [0, 0.1) is 11.3 Å². The Morgan fingerprint density at radius 2 is 1.83 bits per heavy atom. The average Bonchev–Trinajstić information content (AvgIpc) is 3.62. The summed E-state index contributed by atoms with van der Waals surface area (Å²) >= 11 is 0. The van der Waals surface area contributed by atoms with E-state index in [9.17, 15) is 9.59 Å². The maximum atomic E-state index is 12.9. The van der Waals surface area contributed by atoms with Gasteiger partial charge in [0, 0.05) is 25.6 Å². The van der Waals surface area contributed by atoms with Crippen molar-refractivity contribution in [2.45, 2.75) is 45.4 Å². The summed E-state index contributed by atoms with van der Waals surface area (Å²) < 4.78 is 14.1. The van der Waals surface area contributed by atoms with Gasteiger partial charge in [0.25, 0.3) is 5.56 Å². The zero-order valence-electron chi connectivity index (χ0n) is 20.4. The second kappa shape index (κ2) is 8.64. The summed E-state index contributed by atoms with van der Waals surface area (Å²) in [5.74, 6) is 7.37. The molecule has 4 N–H and O–H groups in total. The number of nitrogens with two attached hydrogens (primary N) is 2. The Hall–Kier alpha value is -3.46. The van der Waals surface area contributed by atoms with Crippen molar-refractivity contribution in [3.8, 4) is 11.5 Å². The van der Waals surface area contributed by atoms with E-state index in [2.05, 4.69) is 18.7 Å². The molecule has 0 bridgehead atoms. The van der Waals surface area contributed by atoms with E-state index in [1.807, 2.05) is 36.4 Å². The Morgan fingerprint density at radius 3 is 2.49 bits per heavy atom. The van der Waals surface area contributed by atoms with Crippen LogP contribution < -0.4 is 37.2 Å². The molecule has 2 aromatic carbocycles. The average molecular weight is 480 g/mol. The van der Waals surface area contributed by atoms with Crippen LogP contribution in [0.2, 0.25) is 0 Å². The highest BCUT2D eigenvalue weighted by atomic mass is 16.5. The summed E-state index contributed by atoms with van der Waals surface area (Å²) in [6.45, 7) is 5.99. The Labute approximate surface area is 203 Å². The van der Waals surface area contributed by atoms with Crippen molar-refractivity contribution in [3.05, 3.63) is 63.3 Å². The number of rotatable bonds is 7. The molecule has 0 amide bonds. The van der Waals surface area contributed by atoms with Crippen molar-refractivity contribution < 1.29 is 9.47 Å². The molecule has 1 aliphatic carbocycles. The second-order valence-electron chi connectivity index (χ2n) is 10.3. The minimum atomic E-state index is -0.518. The molecule has 1 aromatic heterocycles. The lowest BCUT2D eigenvalue weighted by Crippen LogP contribution is -2.44. The number of methoxy groups -OCH3 is 1. The predicted molar refractivity (Wildman–Crippen MR) is 137 cm³/mol. The molecule has 3 aromatic rings. The van der Waals surface area contributed by atoms with Crippen molar-refractivity contribution in [2.24, 2.45) is 17.1 Å². The molecule has 186 valence electrons. The van der Waals surface area contributed by atoms with Crippen LogP contribution in [0.25, 0.3) is 10.9 Å². The number of ether oxygens (including phenoxy) is 2. The van der Waals surface area contributed by atoms with E-state index in [1.165, 1.54) is 0 Å². The summed E-state index contributed by atoms with van der Waals surface area (Å²) in [4.78, 5) is 28.0. The Kier molecular flexibility index (Phi) is 5.75. The molecule has 0 radical (unpaired) electrons. The van der Waals surface area contributed by atoms with E-state index >= 15 is 0 Å². The van der Waals surface area contributed by atoms with Gasteiger partial charge in [0.1, 0.15) is 17.5 Å². The number of nitrogens with zero attached hydrogens (tertiary/aromatic N) is 3. The number of benzene rings is 2. The van der Waals surface area contributed by atoms with Crippen molar-refractivity contribution in [2.75, 3.05) is 30.9 Å². The van der Waals surface area contributed by atoms with Gasteiger partial charge in [0.05, 0.1) is 18.2 Å². The molecule has 2 heterocycles. The summed E-state index contributed by atoms with van der Waals surface area (Å²) in [6, 6.07) is 13.3. The minimum absolute atomic E-state index is 0.0282. The van der Waals surface area contributed by atoms with Gasteiger partial charge in [-0.25, -0.2) is 4.79 Å². The molecule has 2 fully saturated rings. The van der Waals surface area contributed by atoms with Gasteiger partial charge in [-0.2, -0.15) is 4.68 Å². The Bertz CT molecular complexity index is 1360. The predicted octanol–water partition coefficient (Wildman–Crippen LogP) is 2.44. The fourth-order valence-corrected chi connectivity index (χ4v) is 5.30. The van der Waals surface area contributed by atoms with Gasteiger partial charge < -0.3 is 20.2 Å². The third-order valence-electron chi connectivity index (χ3n) is 7.36. The summed E-state index contributed by atoms with van der Waals surface area (Å²) in [5, 5.41) is 0.382. The van der Waals surface area contributed by atoms with Crippen LogP contribution in [0.15, 0.2) is 52.1 Å². The standard InChI is InChI=1S/C26H33N5O4/c1-26(2)15-29(14-16(26)13-21(27)35-18-7-5-4-6-8-18)20-12-11-19-22(23(20)34-3)30(17-9-10-17)25(33)31(28)24(19)32/h4-8,11-12,16-17,21H,9-10,13-15,27-28H2,1-3H3/t16-,21-/m0/s1. The first kappa shape index (κ1) is 23.3. The highest BCUT2D eigenvalue weighted by Gasteiger charge is 2.41. The molecular formula is C26H33N5O4. The van der Waals surface area contributed by atoms with Crippen molar-refractivity contribution in [3.63, 3.8) is 0 Å². The van der Waals surface area contributed by atoms with E-state index in [0.717, 1.165) is 37.4 Å². The number of aromatic nitrogens is 2. The van der Waals surface area contributed by atoms with Crippen LogP contribution in [0.1, 0.15) is 39.2 Å². The molecule has 0 spiro atoms. The first-order chi connectivity index (χ1) is 16.7. The zero-order valence-corrected chi connectivity index (χ0v) is 20.4. The van der Waals surface area contributed by atoms with Crippen LogP contribution in [-0.4, -0.2) is 35.7 Å². The van der Waals surface area contributed by atoms with Gasteiger partial charge in [-0.1, -0.05) is 32.0 Å². The largest absolute Gasteiger partial charge is 0.492 e. The maximum Gasteiger partial charge on any atom is 0.350 e. The lowest BCUT2D eigenvalue weighted by Gasteiger charge is -2.27. The molecule has 9 heteroatoms. The van der Waals surface area contributed by atoms with E-state index in [1.54, 1.807) is 17.7 Å². The van der Waals surface area contributed by atoms with Crippen LogP contribution in [0.5, 0.6) is 11.5 Å². The first-order valence-electron chi connectivity index (χ1n) is 12.1. The van der Waals surface area contributed by atoms with Crippen LogP contribution in [-0.2, 0) is 0 Å². The quantitative estimate of drug-likeness (QED) is 0.395. The van der Waals surface area contributed by atoms with E-state index in [0.29, 0.717) is 27.7 Å². The molecule has 9 nitrogen and oxygen atoms in total. The number of fused-ring (bicyclic) bond motifs is 1. The van der Waals surface area contributed by atoms with Crippen LogP contribution in [0.4, 0.5) is 5.69 Å². The zero-order chi connectivity index (χ0) is 24.9. The fraction of sp³-hybridized carbons (Fsp3) is 0.462. The van der Waals surface area contributed by atoms with Crippen LogP contribution >= 0.6 is 0 Å².